The number of hydrogen-bond acceptors (Lipinski definition) is 20. The highest BCUT2D eigenvalue weighted by atomic mass is 31.2. The zero-order valence-electron chi connectivity index (χ0n) is 49.2. The van der Waals surface area contributed by atoms with Crippen LogP contribution >= 0.6 is 7.82 Å². The van der Waals surface area contributed by atoms with E-state index in [2.05, 4.69) is 5.32 Å². The Labute approximate surface area is 503 Å². The van der Waals surface area contributed by atoms with Crippen LogP contribution in [-0.2, 0) is 88.4 Å². The molecule has 4 aliphatic rings. The van der Waals surface area contributed by atoms with Gasteiger partial charge in [-0.2, -0.15) is 0 Å². The molecule has 5 aromatic rings. The minimum absolute atomic E-state index is 0.00249. The average molecular weight is 1220 g/mol. The van der Waals surface area contributed by atoms with Crippen LogP contribution in [0.5, 0.6) is 0 Å². The van der Waals surface area contributed by atoms with Gasteiger partial charge in [-0.15, -0.1) is 0 Å². The number of amides is 1. The lowest BCUT2D eigenvalue weighted by Crippen LogP contribution is -2.82. The van der Waals surface area contributed by atoms with Gasteiger partial charge in [0.15, 0.2) is 24.3 Å². The standard InChI is InChI=1S/C65H70NO20P/c1-8-76-61(73)84-54(52(45-28-18-11-19-29-45)66-58(70)46-30-20-12-21-31-46)60(72)83-48-35-65(74)57(85-59(71)47-32-22-13-23-33-47)55-63(7,56(69)53(82-41(3)67)51(40(48)2)62(65,5)6)49(34-50-64(55,38-77-50)86-42(4)68)78-39-81-87(75,79-36-43-24-14-9-15-25-43)80-37-44-26-16-10-17-27-44/h9-33,48-50,52-55,57,74H,8,34-39H2,1-7H3,(H,66,70)/t48-,49-,50+,52-,53+,54+,55?,57-,63+,64-,65+/m0/s1/i58+2. The van der Waals surface area contributed by atoms with Gasteiger partial charge in [0.05, 0.1) is 49.4 Å². The summed E-state index contributed by atoms with van der Waals surface area (Å²) in [7, 11) is -4.58. The van der Waals surface area contributed by atoms with E-state index in [9.17, 15) is 33.6 Å². The zero-order chi connectivity index (χ0) is 62.3. The number of rotatable bonds is 22. The van der Waals surface area contributed by atoms with E-state index >= 15 is 9.59 Å². The molecule has 2 N–H and O–H groups in total. The molecule has 2 saturated carbocycles. The Morgan fingerprint density at radius 1 is 0.759 bits per heavy atom. The van der Waals surface area contributed by atoms with E-state index in [1.807, 2.05) is 0 Å². The van der Waals surface area contributed by atoms with Gasteiger partial charge in [0.1, 0.15) is 30.0 Å². The van der Waals surface area contributed by atoms with E-state index in [0.717, 1.165) is 13.8 Å². The van der Waals surface area contributed by atoms with Crippen LogP contribution in [0, 0.1) is 16.7 Å². The van der Waals surface area contributed by atoms with Crippen molar-refractivity contribution in [1.29, 1.82) is 0 Å². The lowest BCUT2D eigenvalue weighted by molar-refractivity contribution is -0.350. The molecule has 1 unspecified atom stereocenters. The summed E-state index contributed by atoms with van der Waals surface area (Å²) in [6, 6.07) is 40.1. The first-order valence-electron chi connectivity index (χ1n) is 28.4. The molecule has 1 aliphatic heterocycles. The minimum Gasteiger partial charge on any atom is -0.455 e. The van der Waals surface area contributed by atoms with Crippen molar-refractivity contribution in [3.63, 3.8) is 0 Å². The highest BCUT2D eigenvalue weighted by Crippen LogP contribution is 2.65. The summed E-state index contributed by atoms with van der Waals surface area (Å²) in [5, 5.41) is 17.2. The van der Waals surface area contributed by atoms with Gasteiger partial charge >= 0.3 is 37.9 Å². The predicted molar refractivity (Wildman–Crippen MR) is 308 cm³/mol. The van der Waals surface area contributed by atoms with Crippen LogP contribution < -0.4 is 5.32 Å². The third-order valence-corrected chi connectivity index (χ3v) is 18.2. The number of nitrogens with one attached hydrogen (secondary N) is 1. The summed E-state index contributed by atoms with van der Waals surface area (Å²) in [4.78, 5) is 102. The van der Waals surface area contributed by atoms with Gasteiger partial charge in [-0.25, -0.2) is 18.9 Å². The Bertz CT molecular complexity index is 3340. The summed E-state index contributed by atoms with van der Waals surface area (Å²) in [5.41, 5.74) is -6.80. The number of carbonyl (C=O) groups is 7. The van der Waals surface area contributed by atoms with E-state index < -0.39 is 140 Å². The van der Waals surface area contributed by atoms with Gasteiger partial charge in [-0.1, -0.05) is 141 Å². The molecule has 3 aliphatic carbocycles. The number of hydrogen-bond donors (Lipinski definition) is 2. The fourth-order valence-electron chi connectivity index (χ4n) is 12.5. The van der Waals surface area contributed by atoms with Gasteiger partial charge < -0.3 is 48.3 Å². The molecule has 5 aromatic carbocycles. The monoisotopic (exact) mass is 1220 g/mol. The average Bonchev–Trinajstić information content (AvgIpc) is 0.678. The maximum absolute atomic E-state index is 16.6. The smallest absolute Gasteiger partial charge is 0.455 e. The summed E-state index contributed by atoms with van der Waals surface area (Å²) < 4.78 is 81.7. The largest absolute Gasteiger partial charge is 0.509 e. The van der Waals surface area contributed by atoms with Crippen molar-refractivity contribution in [2.24, 2.45) is 16.7 Å². The number of esters is 4. The zero-order valence-corrected chi connectivity index (χ0v) is 50.0. The van der Waals surface area contributed by atoms with Crippen LogP contribution in [0.1, 0.15) is 105 Å². The van der Waals surface area contributed by atoms with Crippen LogP contribution in [0.25, 0.3) is 0 Å². The molecule has 21 nitrogen and oxygen atoms in total. The van der Waals surface area contributed by atoms with Crippen molar-refractivity contribution in [2.45, 2.75) is 128 Å². The number of phosphoric acid groups is 1. The number of fused-ring (bicyclic) bond motifs is 5. The summed E-state index contributed by atoms with van der Waals surface area (Å²) in [5.74, 6) is -7.39. The second-order valence-electron chi connectivity index (χ2n) is 22.5. The molecule has 460 valence electrons. The van der Waals surface area contributed by atoms with E-state index in [-0.39, 0.29) is 48.5 Å². The fraction of sp³-hybridized carbons (Fsp3) is 0.400. The molecule has 87 heavy (non-hydrogen) atoms. The molecule has 1 saturated heterocycles. The maximum Gasteiger partial charge on any atom is 0.509 e. The van der Waals surface area contributed by atoms with Crippen molar-refractivity contribution >= 4 is 49.5 Å². The first-order chi connectivity index (χ1) is 41.5. The summed E-state index contributed by atoms with van der Waals surface area (Å²) in [6.45, 7) is 7.82. The van der Waals surface area contributed by atoms with E-state index in [1.54, 1.807) is 127 Å². The fourth-order valence-corrected chi connectivity index (χ4v) is 13.5. The van der Waals surface area contributed by atoms with Crippen molar-refractivity contribution in [3.8, 4) is 0 Å². The Morgan fingerprint density at radius 3 is 1.86 bits per heavy atom. The molecule has 1 heterocycles. The van der Waals surface area contributed by atoms with E-state index in [4.69, 9.17) is 51.5 Å². The van der Waals surface area contributed by atoms with E-state index in [1.165, 1.54) is 58.9 Å². The third kappa shape index (κ3) is 13.2. The molecule has 1 amide bonds. The molecule has 11 atom stereocenters. The molecule has 22 heteroatoms. The number of ketones is 1. The Kier molecular flexibility index (Phi) is 19.5. The lowest BCUT2D eigenvalue weighted by Gasteiger charge is -2.67. The molecular weight excluding hydrogens is 1150 g/mol. The van der Waals surface area contributed by atoms with E-state index in [0.29, 0.717) is 16.7 Å². The highest BCUT2D eigenvalue weighted by Gasteiger charge is 2.79. The lowest BCUT2D eigenvalue weighted by atomic mass is 9.44. The molecule has 0 spiro atoms. The predicted octanol–water partition coefficient (Wildman–Crippen LogP) is 9.46. The van der Waals surface area contributed by atoms with Crippen molar-refractivity contribution in [1.82, 2.24) is 5.32 Å². The number of Topliss-reactive ketones (excluding diaryl/α,β-unsaturated/α-hetero) is 1. The van der Waals surface area contributed by atoms with Gasteiger partial charge in [-0.3, -0.25) is 32.7 Å². The second-order valence-corrected chi connectivity index (χ2v) is 24.2. The molecule has 9 rings (SSSR count). The SMILES string of the molecule is CCOC(=O)O[C@@H](C(=O)O[C@H]1C[C@@]2(O)[C@@H](OC(=O)c3ccccc3)C3[C@](C)(C(=O)[C@H](OC(C)=O)C(=C1C)C2(C)C)[C@@H](OCOP(=O)(OCc1ccccc1)OCc1ccccc1)C[C@H]1OC[C@@]31OC(C)=O)[C@@H](N[14C](=O)c1ccccc1)c1ccccc1. The van der Waals surface area contributed by atoms with Crippen LogP contribution in [0.15, 0.2) is 163 Å². The van der Waals surface area contributed by atoms with Crippen molar-refractivity contribution in [3.05, 3.63) is 191 Å². The third-order valence-electron chi connectivity index (χ3n) is 16.9. The summed E-state index contributed by atoms with van der Waals surface area (Å²) in [6.07, 6.45) is -12.5. The van der Waals surface area contributed by atoms with Gasteiger partial charge in [0.25, 0.3) is 5.91 Å². The maximum atomic E-state index is 16.6. The van der Waals surface area contributed by atoms with Crippen LogP contribution in [0.4, 0.5) is 4.79 Å². The quantitative estimate of drug-likeness (QED) is 0.0215. The van der Waals surface area contributed by atoms with Crippen LogP contribution in [0.3, 0.4) is 0 Å². The Morgan fingerprint density at radius 2 is 1.32 bits per heavy atom. The van der Waals surface area contributed by atoms with Crippen LogP contribution in [0.2, 0.25) is 0 Å². The van der Waals surface area contributed by atoms with Crippen molar-refractivity contribution < 1.29 is 94.7 Å². The molecule has 0 radical (unpaired) electrons. The Hall–Kier alpha value is -7.88. The van der Waals surface area contributed by atoms with Gasteiger partial charge in [-0.05, 0) is 72.9 Å². The Balaban J connectivity index is 1.18. The van der Waals surface area contributed by atoms with Gasteiger partial charge in [0, 0.05) is 37.7 Å². The topological polar surface area (TPSA) is 270 Å². The number of benzene rings is 5. The second kappa shape index (κ2) is 26.6. The number of ether oxygens (including phenoxy) is 8. The first-order valence-corrected chi connectivity index (χ1v) is 29.9. The number of carbonyl (C=O) groups excluding carboxylic acids is 7. The first kappa shape index (κ1) is 63.6. The highest BCUT2D eigenvalue weighted by molar-refractivity contribution is 7.48. The molecular formula is C65H70NO20P. The van der Waals surface area contributed by atoms with Gasteiger partial charge in [0.2, 0.25) is 6.10 Å². The van der Waals surface area contributed by atoms with Crippen LogP contribution in [-0.4, -0.2) is 115 Å². The van der Waals surface area contributed by atoms with Crippen molar-refractivity contribution in [2.75, 3.05) is 20.0 Å². The normalized spacial score (nSPS) is 26.1. The number of aliphatic hydroxyl groups is 1. The molecule has 2 bridgehead atoms. The minimum atomic E-state index is -4.58. The number of phosphoric ester groups is 1. The molecule has 3 fully saturated rings. The molecule has 0 aromatic heterocycles. The summed E-state index contributed by atoms with van der Waals surface area (Å²) >= 11 is 0.